The lowest BCUT2D eigenvalue weighted by Crippen LogP contribution is -2.42. The fourth-order valence-corrected chi connectivity index (χ4v) is 10.1. The number of hydrogen-bond donors (Lipinski definition) is 4. The Morgan fingerprint density at radius 3 is 2.54 bits per heavy atom. The van der Waals surface area contributed by atoms with Gasteiger partial charge in [-0.25, -0.2) is 9.48 Å². The number of nitrogens with zero attached hydrogens (tertiary/aromatic N) is 4. The first kappa shape index (κ1) is 36.6. The number of aromatic nitrogens is 4. The topological polar surface area (TPSA) is 146 Å². The Hall–Kier alpha value is -4.40. The van der Waals surface area contributed by atoms with Gasteiger partial charge in [0.25, 0.3) is 0 Å². The van der Waals surface area contributed by atoms with Gasteiger partial charge in [0.15, 0.2) is 0 Å². The molecular weight excluding hydrogens is 721 g/mol. The van der Waals surface area contributed by atoms with Crippen LogP contribution in [0, 0.1) is 0 Å². The molecule has 0 unspecified atom stereocenters. The number of aryl methyl sites for hydroxylation is 2. The molecule has 1 saturated carbocycles. The van der Waals surface area contributed by atoms with Crippen molar-refractivity contribution in [3.8, 4) is 5.75 Å². The molecule has 0 aliphatic heterocycles. The number of thiophene rings is 2. The minimum absolute atomic E-state index is 0.0820. The smallest absolute Gasteiger partial charge is 0.349 e. The van der Waals surface area contributed by atoms with Crippen LogP contribution in [0.2, 0.25) is 0 Å². The highest BCUT2D eigenvalue weighted by atomic mass is 32.1. The number of carbonyl (C=O) groups excluding carboxylic acids is 1. The Balaban J connectivity index is 0.833. The van der Waals surface area contributed by atoms with Gasteiger partial charge in [0.05, 0.1) is 20.8 Å². The summed E-state index contributed by atoms with van der Waals surface area (Å²) in [5, 5.41) is 39.3. The van der Waals surface area contributed by atoms with Crippen LogP contribution in [0.4, 0.5) is 0 Å². The summed E-state index contributed by atoms with van der Waals surface area (Å²) in [5.41, 5.74) is 5.77. The number of pyridine rings is 1. The highest BCUT2D eigenvalue weighted by Crippen LogP contribution is 2.38. The zero-order chi connectivity index (χ0) is 37.2. The minimum atomic E-state index is -1.77. The molecule has 8 rings (SSSR count). The average Bonchev–Trinajstić information content (AvgIpc) is 4.02. The van der Waals surface area contributed by atoms with E-state index >= 15 is 0 Å². The molecule has 11 nitrogen and oxygen atoms in total. The first-order chi connectivity index (χ1) is 26.3. The molecule has 4 heterocycles. The monoisotopic (exact) mass is 766 g/mol. The summed E-state index contributed by atoms with van der Waals surface area (Å²) in [4.78, 5) is 31.6. The number of aromatic amines is 1. The van der Waals surface area contributed by atoms with E-state index in [1.807, 2.05) is 29.0 Å². The Morgan fingerprint density at radius 1 is 1.04 bits per heavy atom. The standard InChI is InChI=1S/C41H46N6O5S2/c1-46(28-11-13-29(14-12-28)52-40(50)41(51,35-8-3-22-53-35)36-9-4-23-54-36)20-5-21-47-39-32-7-2-6-30(32)27(24-33(39)44-45-47)25-42-19-18-26-10-16-34(48)38-31(26)15-17-37(49)43-38/h3-4,8-10,15-17,22-24,28-29,42,48,51H,2,5-7,11-14,18-21,25H2,1H3,(H,43,49). The quantitative estimate of drug-likeness (QED) is 0.0771. The van der Waals surface area contributed by atoms with Gasteiger partial charge in [0, 0.05) is 30.6 Å². The molecule has 0 atom stereocenters. The van der Waals surface area contributed by atoms with Crippen LogP contribution in [-0.2, 0) is 47.5 Å². The van der Waals surface area contributed by atoms with E-state index in [0.29, 0.717) is 21.3 Å². The minimum Gasteiger partial charge on any atom is -0.506 e. The van der Waals surface area contributed by atoms with Crippen LogP contribution in [0.5, 0.6) is 5.75 Å². The van der Waals surface area contributed by atoms with Gasteiger partial charge in [-0.1, -0.05) is 23.4 Å². The fraction of sp³-hybridized carbons (Fsp3) is 0.415. The first-order valence-electron chi connectivity index (χ1n) is 18.9. The fourth-order valence-electron chi connectivity index (χ4n) is 8.41. The summed E-state index contributed by atoms with van der Waals surface area (Å²) < 4.78 is 8.08. The summed E-state index contributed by atoms with van der Waals surface area (Å²) in [6, 6.07) is 16.7. The number of phenolic OH excluding ortho intramolecular Hbond substituents is 1. The number of carbonyl (C=O) groups is 1. The lowest BCUT2D eigenvalue weighted by Gasteiger charge is -2.35. The van der Waals surface area contributed by atoms with E-state index in [0.717, 1.165) is 100 Å². The lowest BCUT2D eigenvalue weighted by molar-refractivity contribution is -0.169. The molecule has 54 heavy (non-hydrogen) atoms. The molecular formula is C41H46N6O5S2. The molecule has 2 aliphatic rings. The summed E-state index contributed by atoms with van der Waals surface area (Å²) in [6.07, 6.45) is 8.18. The highest BCUT2D eigenvalue weighted by molar-refractivity contribution is 7.12. The van der Waals surface area contributed by atoms with Crippen LogP contribution < -0.4 is 10.9 Å². The largest absolute Gasteiger partial charge is 0.506 e. The predicted molar refractivity (Wildman–Crippen MR) is 212 cm³/mol. The average molecular weight is 767 g/mol. The molecule has 0 amide bonds. The predicted octanol–water partition coefficient (Wildman–Crippen LogP) is 6.03. The van der Waals surface area contributed by atoms with Crippen LogP contribution in [-0.4, -0.2) is 73.3 Å². The maximum absolute atomic E-state index is 13.4. The molecule has 6 aromatic rings. The van der Waals surface area contributed by atoms with Gasteiger partial charge < -0.3 is 30.2 Å². The van der Waals surface area contributed by atoms with Crippen LogP contribution in [0.25, 0.3) is 21.9 Å². The molecule has 4 N–H and O–H groups in total. The third-order valence-corrected chi connectivity index (χ3v) is 13.2. The maximum Gasteiger partial charge on any atom is 0.349 e. The van der Waals surface area contributed by atoms with Crippen molar-refractivity contribution in [2.75, 3.05) is 20.1 Å². The summed E-state index contributed by atoms with van der Waals surface area (Å²) >= 11 is 2.73. The van der Waals surface area contributed by atoms with E-state index < -0.39 is 11.6 Å². The van der Waals surface area contributed by atoms with Crippen molar-refractivity contribution in [1.82, 2.24) is 30.2 Å². The number of hydrogen-bond acceptors (Lipinski definition) is 11. The van der Waals surface area contributed by atoms with E-state index in [9.17, 15) is 19.8 Å². The van der Waals surface area contributed by atoms with Gasteiger partial charge in [-0.05, 0) is 141 Å². The lowest BCUT2D eigenvalue weighted by atomic mass is 9.91. The van der Waals surface area contributed by atoms with Gasteiger partial charge in [0.1, 0.15) is 17.4 Å². The number of fused-ring (bicyclic) bond motifs is 4. The highest BCUT2D eigenvalue weighted by Gasteiger charge is 2.45. The van der Waals surface area contributed by atoms with Crippen molar-refractivity contribution in [2.24, 2.45) is 0 Å². The van der Waals surface area contributed by atoms with Gasteiger partial charge in [-0.2, -0.15) is 0 Å². The molecule has 2 aliphatic carbocycles. The number of nitrogens with one attached hydrogen (secondary N) is 2. The third kappa shape index (κ3) is 7.23. The second-order valence-corrected chi connectivity index (χ2v) is 16.5. The van der Waals surface area contributed by atoms with Crippen molar-refractivity contribution >= 4 is 50.6 Å². The summed E-state index contributed by atoms with van der Waals surface area (Å²) in [7, 11) is 2.19. The number of phenols is 1. The number of benzene rings is 2. The molecule has 0 saturated heterocycles. The number of aliphatic hydroxyl groups is 1. The molecule has 4 aromatic heterocycles. The van der Waals surface area contributed by atoms with Crippen molar-refractivity contribution < 1.29 is 19.7 Å². The van der Waals surface area contributed by atoms with Gasteiger partial charge in [-0.3, -0.25) is 4.79 Å². The zero-order valence-corrected chi connectivity index (χ0v) is 32.1. The first-order valence-corrected chi connectivity index (χ1v) is 20.7. The van der Waals surface area contributed by atoms with E-state index in [1.165, 1.54) is 50.9 Å². The molecule has 2 aromatic carbocycles. The Labute approximate surface area is 321 Å². The molecule has 282 valence electrons. The van der Waals surface area contributed by atoms with Crippen LogP contribution >= 0.6 is 22.7 Å². The third-order valence-electron chi connectivity index (χ3n) is 11.3. The SMILES string of the molecule is CN(CCCn1nnc2cc(CNCCc3ccc(O)c4[nH]c(=O)ccc34)c3c(c21)CCC3)C1CCC(OC(=O)C(O)(c2cccs2)c2cccs2)CC1. The normalized spacial score (nSPS) is 17.5. The van der Waals surface area contributed by atoms with E-state index in [1.54, 1.807) is 24.3 Å². The second kappa shape index (κ2) is 15.8. The van der Waals surface area contributed by atoms with Crippen molar-refractivity contribution in [3.63, 3.8) is 0 Å². The van der Waals surface area contributed by atoms with Crippen molar-refractivity contribution in [2.45, 2.75) is 88.6 Å². The Kier molecular flexibility index (Phi) is 10.7. The molecule has 0 bridgehead atoms. The zero-order valence-electron chi connectivity index (χ0n) is 30.4. The van der Waals surface area contributed by atoms with Crippen LogP contribution in [0.15, 0.2) is 70.2 Å². The van der Waals surface area contributed by atoms with Crippen molar-refractivity contribution in [3.05, 3.63) is 108 Å². The molecule has 0 spiro atoms. The van der Waals surface area contributed by atoms with E-state index in [2.05, 4.69) is 43.3 Å². The molecule has 13 heteroatoms. The Bertz CT molecular complexity index is 2260. The molecule has 1 fully saturated rings. The Morgan fingerprint density at radius 2 is 1.80 bits per heavy atom. The van der Waals surface area contributed by atoms with Crippen molar-refractivity contribution in [1.29, 1.82) is 0 Å². The number of H-pyrrole nitrogens is 1. The van der Waals surface area contributed by atoms with Gasteiger partial charge in [-0.15, -0.1) is 27.8 Å². The number of ether oxygens (including phenoxy) is 1. The summed E-state index contributed by atoms with van der Waals surface area (Å²) in [5.74, 6) is -0.502. The maximum atomic E-state index is 13.4. The van der Waals surface area contributed by atoms with E-state index in [4.69, 9.17) is 4.74 Å². The van der Waals surface area contributed by atoms with Crippen LogP contribution in [0.3, 0.4) is 0 Å². The number of esters is 1. The molecule has 0 radical (unpaired) electrons. The number of rotatable bonds is 14. The van der Waals surface area contributed by atoms with Crippen LogP contribution in [0.1, 0.15) is 70.5 Å². The number of aromatic hydroxyl groups is 1. The van der Waals surface area contributed by atoms with E-state index in [-0.39, 0.29) is 17.4 Å². The summed E-state index contributed by atoms with van der Waals surface area (Å²) in [6.45, 7) is 3.24. The van der Waals surface area contributed by atoms with Gasteiger partial charge in [0.2, 0.25) is 11.2 Å². The van der Waals surface area contributed by atoms with Gasteiger partial charge >= 0.3 is 5.97 Å². The second-order valence-electron chi connectivity index (χ2n) is 14.6.